The number of piperazine rings is 1. The molecule has 4 aromatic rings. The predicted molar refractivity (Wildman–Crippen MR) is 133 cm³/mol. The summed E-state index contributed by atoms with van der Waals surface area (Å²) < 4.78 is 17.8. The molecular formula is C27H28N4O3. The number of pyridine rings is 2. The molecule has 2 aromatic carbocycles. The average Bonchev–Trinajstić information content (AvgIpc) is 2.88. The molecule has 4 heterocycles. The van der Waals surface area contributed by atoms with E-state index in [-0.39, 0.29) is 6.10 Å². The third kappa shape index (κ3) is 3.96. The summed E-state index contributed by atoms with van der Waals surface area (Å²) in [5, 5.41) is 2.10. The van der Waals surface area contributed by atoms with Crippen molar-refractivity contribution in [2.75, 3.05) is 51.3 Å². The maximum atomic E-state index is 6.42. The molecule has 1 fully saturated rings. The second-order valence-electron chi connectivity index (χ2n) is 8.98. The maximum Gasteiger partial charge on any atom is 0.171 e. The SMILES string of the molecule is COc1ccc2nc(N3CCN(CC4COc5ccc6nc(C)ccc6c5O4)CC3)ccc2c1. The Morgan fingerprint density at radius 3 is 2.65 bits per heavy atom. The van der Waals surface area contributed by atoms with E-state index in [2.05, 4.69) is 33.0 Å². The zero-order valence-corrected chi connectivity index (χ0v) is 19.5. The van der Waals surface area contributed by atoms with E-state index in [4.69, 9.17) is 19.2 Å². The second kappa shape index (κ2) is 8.65. The molecule has 174 valence electrons. The molecule has 1 unspecified atom stereocenters. The van der Waals surface area contributed by atoms with Gasteiger partial charge in [0.25, 0.3) is 0 Å². The standard InChI is InChI=1S/C27H28N4O3/c1-18-3-6-22-24(28-18)8-9-25-27(22)34-21(17-33-25)16-30-11-13-31(14-12-30)26-10-4-19-15-20(32-2)5-7-23(19)29-26/h3-10,15,21H,11-14,16-17H2,1-2H3. The van der Waals surface area contributed by atoms with Crippen molar-refractivity contribution < 1.29 is 14.2 Å². The Balaban J connectivity index is 1.10. The Morgan fingerprint density at radius 1 is 0.941 bits per heavy atom. The number of hydrogen-bond acceptors (Lipinski definition) is 7. The van der Waals surface area contributed by atoms with Crippen molar-refractivity contribution in [1.29, 1.82) is 0 Å². The van der Waals surface area contributed by atoms with E-state index in [1.807, 2.05) is 43.3 Å². The quantitative estimate of drug-likeness (QED) is 0.459. The van der Waals surface area contributed by atoms with Gasteiger partial charge in [0.1, 0.15) is 24.3 Å². The monoisotopic (exact) mass is 456 g/mol. The normalized spacial score (nSPS) is 18.4. The van der Waals surface area contributed by atoms with E-state index >= 15 is 0 Å². The van der Waals surface area contributed by atoms with Crippen LogP contribution in [0.2, 0.25) is 0 Å². The van der Waals surface area contributed by atoms with Crippen molar-refractivity contribution in [3.05, 3.63) is 60.3 Å². The van der Waals surface area contributed by atoms with Crippen LogP contribution in [0.15, 0.2) is 54.6 Å². The molecule has 0 amide bonds. The number of aromatic nitrogens is 2. The van der Waals surface area contributed by atoms with Crippen LogP contribution in [0.4, 0.5) is 5.82 Å². The van der Waals surface area contributed by atoms with Crippen LogP contribution >= 0.6 is 0 Å². The zero-order chi connectivity index (χ0) is 23.1. The molecule has 2 aromatic heterocycles. The first-order chi connectivity index (χ1) is 16.7. The molecule has 0 aliphatic carbocycles. The summed E-state index contributed by atoms with van der Waals surface area (Å²) in [4.78, 5) is 14.3. The molecule has 1 atom stereocenters. The minimum absolute atomic E-state index is 0.000252. The summed E-state index contributed by atoms with van der Waals surface area (Å²) in [6.07, 6.45) is -0.000252. The van der Waals surface area contributed by atoms with Crippen LogP contribution < -0.4 is 19.1 Å². The Labute approximate surface area is 198 Å². The van der Waals surface area contributed by atoms with Gasteiger partial charge in [-0.3, -0.25) is 9.88 Å². The Morgan fingerprint density at radius 2 is 1.79 bits per heavy atom. The number of benzene rings is 2. The lowest BCUT2D eigenvalue weighted by atomic mass is 10.1. The van der Waals surface area contributed by atoms with Crippen LogP contribution in [0.5, 0.6) is 17.2 Å². The van der Waals surface area contributed by atoms with E-state index in [9.17, 15) is 0 Å². The van der Waals surface area contributed by atoms with Crippen molar-refractivity contribution in [3.63, 3.8) is 0 Å². The first-order valence-electron chi connectivity index (χ1n) is 11.8. The van der Waals surface area contributed by atoms with Crippen molar-refractivity contribution in [1.82, 2.24) is 14.9 Å². The van der Waals surface area contributed by atoms with Gasteiger partial charge in [-0.2, -0.15) is 0 Å². The van der Waals surface area contributed by atoms with Crippen molar-refractivity contribution in [3.8, 4) is 17.2 Å². The highest BCUT2D eigenvalue weighted by Crippen LogP contribution is 2.38. The second-order valence-corrected chi connectivity index (χ2v) is 8.98. The summed E-state index contributed by atoms with van der Waals surface area (Å²) in [5.74, 6) is 3.50. The molecule has 7 nitrogen and oxygen atoms in total. The van der Waals surface area contributed by atoms with E-state index < -0.39 is 0 Å². The summed E-state index contributed by atoms with van der Waals surface area (Å²) in [7, 11) is 1.69. The summed E-state index contributed by atoms with van der Waals surface area (Å²) in [6, 6.07) is 18.3. The molecule has 2 aliphatic rings. The fraction of sp³-hybridized carbons (Fsp3) is 0.333. The predicted octanol–water partition coefficient (Wildman–Crippen LogP) is 4.06. The third-order valence-electron chi connectivity index (χ3n) is 6.67. The molecule has 2 aliphatic heterocycles. The van der Waals surface area contributed by atoms with Gasteiger partial charge in [-0.1, -0.05) is 0 Å². The lowest BCUT2D eigenvalue weighted by molar-refractivity contribution is 0.0587. The van der Waals surface area contributed by atoms with Gasteiger partial charge in [-0.25, -0.2) is 4.98 Å². The Kier molecular flexibility index (Phi) is 5.34. The van der Waals surface area contributed by atoms with Gasteiger partial charge in [0.2, 0.25) is 0 Å². The number of nitrogens with zero attached hydrogens (tertiary/aromatic N) is 4. The summed E-state index contributed by atoms with van der Waals surface area (Å²) in [5.41, 5.74) is 2.93. The molecule has 7 heteroatoms. The maximum absolute atomic E-state index is 6.42. The highest BCUT2D eigenvalue weighted by atomic mass is 16.6. The van der Waals surface area contributed by atoms with Crippen LogP contribution in [-0.4, -0.2) is 67.4 Å². The number of hydrogen-bond donors (Lipinski definition) is 0. The molecule has 0 radical (unpaired) electrons. The smallest absolute Gasteiger partial charge is 0.171 e. The summed E-state index contributed by atoms with van der Waals surface area (Å²) >= 11 is 0. The number of rotatable bonds is 4. The van der Waals surface area contributed by atoms with E-state index in [0.717, 1.165) is 83.3 Å². The van der Waals surface area contributed by atoms with Crippen LogP contribution in [0.1, 0.15) is 5.69 Å². The first-order valence-corrected chi connectivity index (χ1v) is 11.8. The van der Waals surface area contributed by atoms with E-state index in [0.29, 0.717) is 6.61 Å². The van der Waals surface area contributed by atoms with Crippen LogP contribution in [0.25, 0.3) is 21.8 Å². The molecule has 0 N–H and O–H groups in total. The fourth-order valence-corrected chi connectivity index (χ4v) is 4.81. The highest BCUT2D eigenvalue weighted by molar-refractivity contribution is 5.88. The molecule has 0 spiro atoms. The van der Waals surface area contributed by atoms with Gasteiger partial charge in [-0.05, 0) is 61.5 Å². The van der Waals surface area contributed by atoms with Gasteiger partial charge in [0.05, 0.1) is 18.1 Å². The van der Waals surface area contributed by atoms with Crippen molar-refractivity contribution >= 4 is 27.6 Å². The lowest BCUT2D eigenvalue weighted by Crippen LogP contribution is -2.50. The van der Waals surface area contributed by atoms with Gasteiger partial charge in [0, 0.05) is 49.2 Å². The largest absolute Gasteiger partial charge is 0.497 e. The number of anilines is 1. The fourth-order valence-electron chi connectivity index (χ4n) is 4.81. The van der Waals surface area contributed by atoms with Crippen LogP contribution in [0.3, 0.4) is 0 Å². The lowest BCUT2D eigenvalue weighted by Gasteiger charge is -2.38. The Bertz CT molecular complexity index is 1350. The summed E-state index contributed by atoms with van der Waals surface area (Å²) in [6.45, 7) is 7.21. The number of fused-ring (bicyclic) bond motifs is 4. The molecule has 1 saturated heterocycles. The van der Waals surface area contributed by atoms with Crippen molar-refractivity contribution in [2.24, 2.45) is 0 Å². The molecular weight excluding hydrogens is 428 g/mol. The first kappa shape index (κ1) is 21.0. The molecule has 0 bridgehead atoms. The van der Waals surface area contributed by atoms with Gasteiger partial charge >= 0.3 is 0 Å². The Hall–Kier alpha value is -3.58. The number of ether oxygens (including phenoxy) is 3. The van der Waals surface area contributed by atoms with Gasteiger partial charge < -0.3 is 19.1 Å². The van der Waals surface area contributed by atoms with Gasteiger partial charge in [0.15, 0.2) is 11.5 Å². The third-order valence-corrected chi connectivity index (χ3v) is 6.67. The van der Waals surface area contributed by atoms with E-state index in [1.54, 1.807) is 7.11 Å². The van der Waals surface area contributed by atoms with Crippen LogP contribution in [0, 0.1) is 6.92 Å². The van der Waals surface area contributed by atoms with Gasteiger partial charge in [-0.15, -0.1) is 0 Å². The molecule has 0 saturated carbocycles. The van der Waals surface area contributed by atoms with E-state index in [1.165, 1.54) is 0 Å². The number of methoxy groups -OCH3 is 1. The topological polar surface area (TPSA) is 60.0 Å². The van der Waals surface area contributed by atoms with Crippen molar-refractivity contribution in [2.45, 2.75) is 13.0 Å². The zero-order valence-electron chi connectivity index (χ0n) is 19.5. The average molecular weight is 457 g/mol. The van der Waals surface area contributed by atoms with Crippen LogP contribution in [-0.2, 0) is 0 Å². The minimum atomic E-state index is -0.000252. The number of aryl methyl sites for hydroxylation is 1. The molecule has 6 rings (SSSR count). The molecule has 34 heavy (non-hydrogen) atoms. The highest BCUT2D eigenvalue weighted by Gasteiger charge is 2.27. The minimum Gasteiger partial charge on any atom is -0.497 e.